The summed E-state index contributed by atoms with van der Waals surface area (Å²) >= 11 is 4.44. The monoisotopic (exact) mass is 180 g/mol. The minimum atomic E-state index is -0.990. The number of isothiocyanates is 1. The van der Waals surface area contributed by atoms with Gasteiger partial charge in [0.05, 0.1) is 5.16 Å². The Morgan fingerprint density at radius 3 is 2.83 bits per heavy atom. The molecule has 12 heavy (non-hydrogen) atoms. The second kappa shape index (κ2) is 3.43. The van der Waals surface area contributed by atoms with Gasteiger partial charge in [0, 0.05) is 6.42 Å². The summed E-state index contributed by atoms with van der Waals surface area (Å²) in [6.45, 7) is 0. The van der Waals surface area contributed by atoms with E-state index in [0.717, 1.165) is 0 Å². The molecule has 1 rings (SSSR count). The molecule has 4 heteroatoms. The fourth-order valence-corrected chi connectivity index (χ4v) is 1.17. The lowest BCUT2D eigenvalue weighted by Crippen LogP contribution is -2.40. The number of primary amides is 1. The van der Waals surface area contributed by atoms with Crippen LogP contribution in [0, 0.1) is 0 Å². The summed E-state index contributed by atoms with van der Waals surface area (Å²) in [6, 6.07) is 0. The molecule has 1 aliphatic carbocycles. The van der Waals surface area contributed by atoms with E-state index >= 15 is 0 Å². The second-order valence-electron chi connectivity index (χ2n) is 2.48. The van der Waals surface area contributed by atoms with Crippen molar-refractivity contribution in [3.63, 3.8) is 0 Å². The van der Waals surface area contributed by atoms with Crippen molar-refractivity contribution < 1.29 is 4.79 Å². The third kappa shape index (κ3) is 1.49. The molecular formula is C8H8N2OS. The number of nitrogens with two attached hydrogens (primary N) is 1. The highest BCUT2D eigenvalue weighted by molar-refractivity contribution is 7.78. The molecule has 0 aromatic rings. The van der Waals surface area contributed by atoms with Crippen LogP contribution in [0.3, 0.4) is 0 Å². The number of hydrogen-bond donors (Lipinski definition) is 1. The molecule has 0 aliphatic heterocycles. The van der Waals surface area contributed by atoms with E-state index in [2.05, 4.69) is 22.4 Å². The quantitative estimate of drug-likeness (QED) is 0.505. The number of nitrogens with zero attached hydrogens (tertiary/aromatic N) is 1. The molecule has 0 aromatic heterocycles. The molecule has 2 N–H and O–H groups in total. The van der Waals surface area contributed by atoms with Crippen molar-refractivity contribution >= 4 is 23.3 Å². The molecule has 0 spiro atoms. The Hall–Kier alpha value is -1.25. The van der Waals surface area contributed by atoms with Gasteiger partial charge in [-0.15, -0.1) is 0 Å². The summed E-state index contributed by atoms with van der Waals surface area (Å²) in [7, 11) is 0. The lowest BCUT2D eigenvalue weighted by atomic mass is 9.91. The Labute approximate surface area is 75.7 Å². The van der Waals surface area contributed by atoms with Crippen LogP contribution in [0.25, 0.3) is 0 Å². The van der Waals surface area contributed by atoms with Gasteiger partial charge >= 0.3 is 0 Å². The lowest BCUT2D eigenvalue weighted by molar-refractivity contribution is -0.121. The number of carbonyl (C=O) groups excluding carboxylic acids is 1. The molecule has 1 unspecified atom stereocenters. The number of amides is 1. The van der Waals surface area contributed by atoms with E-state index in [-0.39, 0.29) is 0 Å². The van der Waals surface area contributed by atoms with Gasteiger partial charge in [0.1, 0.15) is 0 Å². The summed E-state index contributed by atoms with van der Waals surface area (Å²) in [5.41, 5.74) is 4.19. The smallest absolute Gasteiger partial charge is 0.250 e. The van der Waals surface area contributed by atoms with Gasteiger partial charge in [0.25, 0.3) is 5.91 Å². The van der Waals surface area contributed by atoms with Gasteiger partial charge < -0.3 is 5.73 Å². The van der Waals surface area contributed by atoms with Crippen LogP contribution in [-0.4, -0.2) is 16.6 Å². The lowest BCUT2D eigenvalue weighted by Gasteiger charge is -2.20. The summed E-state index contributed by atoms with van der Waals surface area (Å²) in [4.78, 5) is 14.8. The van der Waals surface area contributed by atoms with Crippen molar-refractivity contribution in [2.75, 3.05) is 0 Å². The summed E-state index contributed by atoms with van der Waals surface area (Å²) in [5, 5.41) is 2.18. The molecule has 1 atom stereocenters. The van der Waals surface area contributed by atoms with Crippen molar-refractivity contribution in [1.29, 1.82) is 0 Å². The number of rotatable bonds is 2. The van der Waals surface area contributed by atoms with Crippen LogP contribution in [0.2, 0.25) is 0 Å². The molecule has 1 amide bonds. The molecule has 3 nitrogen and oxygen atoms in total. The highest BCUT2D eigenvalue weighted by Gasteiger charge is 2.32. The predicted octanol–water partition coefficient (Wildman–Crippen LogP) is 0.829. The van der Waals surface area contributed by atoms with E-state index in [1.54, 1.807) is 12.2 Å². The zero-order valence-corrected chi connectivity index (χ0v) is 7.17. The van der Waals surface area contributed by atoms with Crippen LogP contribution in [0.1, 0.15) is 6.42 Å². The molecule has 1 aliphatic rings. The van der Waals surface area contributed by atoms with E-state index in [0.29, 0.717) is 6.42 Å². The first-order chi connectivity index (χ1) is 5.71. The molecule has 0 radical (unpaired) electrons. The zero-order chi connectivity index (χ0) is 9.03. The van der Waals surface area contributed by atoms with Crippen molar-refractivity contribution in [3.05, 3.63) is 24.3 Å². The van der Waals surface area contributed by atoms with Crippen molar-refractivity contribution in [3.8, 4) is 0 Å². The Kier molecular flexibility index (Phi) is 2.53. The first kappa shape index (κ1) is 8.84. The van der Waals surface area contributed by atoms with Crippen LogP contribution in [0.4, 0.5) is 0 Å². The van der Waals surface area contributed by atoms with Gasteiger partial charge in [0.15, 0.2) is 5.54 Å². The Bertz CT molecular complexity index is 298. The third-order valence-electron chi connectivity index (χ3n) is 1.72. The third-order valence-corrected chi connectivity index (χ3v) is 1.81. The average Bonchev–Trinajstić information content (AvgIpc) is 2.06. The maximum atomic E-state index is 11.0. The number of aliphatic imine (C=N–C) groups is 1. The van der Waals surface area contributed by atoms with E-state index in [1.807, 2.05) is 12.2 Å². The fourth-order valence-electron chi connectivity index (χ4n) is 1.01. The average molecular weight is 180 g/mol. The van der Waals surface area contributed by atoms with E-state index in [1.165, 1.54) is 0 Å². The molecule has 0 heterocycles. The fraction of sp³-hybridized carbons (Fsp3) is 0.250. The van der Waals surface area contributed by atoms with E-state index in [9.17, 15) is 4.79 Å². The van der Waals surface area contributed by atoms with Crippen molar-refractivity contribution in [2.24, 2.45) is 10.7 Å². The van der Waals surface area contributed by atoms with E-state index in [4.69, 9.17) is 5.73 Å². The Balaban J connectivity index is 3.03. The first-order valence-electron chi connectivity index (χ1n) is 3.44. The summed E-state index contributed by atoms with van der Waals surface area (Å²) in [6.07, 6.45) is 7.47. The molecule has 0 aromatic carbocycles. The van der Waals surface area contributed by atoms with Gasteiger partial charge in [0.2, 0.25) is 0 Å². The molecule has 0 saturated carbocycles. The largest absolute Gasteiger partial charge is 0.367 e. The van der Waals surface area contributed by atoms with Gasteiger partial charge in [-0.25, -0.2) is 4.99 Å². The Morgan fingerprint density at radius 1 is 1.67 bits per heavy atom. The number of allylic oxidation sites excluding steroid dienone is 2. The highest BCUT2D eigenvalue weighted by Crippen LogP contribution is 2.21. The maximum absolute atomic E-state index is 11.0. The van der Waals surface area contributed by atoms with Gasteiger partial charge in [-0.05, 0) is 18.3 Å². The zero-order valence-electron chi connectivity index (χ0n) is 6.36. The molecule has 0 bridgehead atoms. The van der Waals surface area contributed by atoms with Gasteiger partial charge in [-0.3, -0.25) is 4.79 Å². The molecule has 0 saturated heterocycles. The van der Waals surface area contributed by atoms with Crippen molar-refractivity contribution in [2.45, 2.75) is 12.0 Å². The Morgan fingerprint density at radius 2 is 2.42 bits per heavy atom. The number of carbonyl (C=O) groups is 1. The summed E-state index contributed by atoms with van der Waals surface area (Å²) in [5.74, 6) is -0.500. The maximum Gasteiger partial charge on any atom is 0.250 e. The van der Waals surface area contributed by atoms with Crippen LogP contribution in [-0.2, 0) is 4.79 Å². The summed E-state index contributed by atoms with van der Waals surface area (Å²) < 4.78 is 0. The topological polar surface area (TPSA) is 55.5 Å². The predicted molar refractivity (Wildman–Crippen MR) is 49.8 cm³/mol. The minimum absolute atomic E-state index is 0.461. The molecule has 62 valence electrons. The molecule has 0 fully saturated rings. The van der Waals surface area contributed by atoms with Gasteiger partial charge in [-0.2, -0.15) is 0 Å². The SMILES string of the molecule is NC(=O)C1(N=C=S)C=CC=CC1. The van der Waals surface area contributed by atoms with E-state index < -0.39 is 11.4 Å². The highest BCUT2D eigenvalue weighted by atomic mass is 32.1. The minimum Gasteiger partial charge on any atom is -0.367 e. The first-order valence-corrected chi connectivity index (χ1v) is 3.85. The normalized spacial score (nSPS) is 26.3. The van der Waals surface area contributed by atoms with Crippen LogP contribution in [0.15, 0.2) is 29.3 Å². The second-order valence-corrected chi connectivity index (χ2v) is 2.67. The van der Waals surface area contributed by atoms with Gasteiger partial charge in [-0.1, -0.05) is 18.2 Å². The van der Waals surface area contributed by atoms with Crippen LogP contribution in [0.5, 0.6) is 0 Å². The van der Waals surface area contributed by atoms with Crippen LogP contribution < -0.4 is 5.73 Å². The number of hydrogen-bond acceptors (Lipinski definition) is 3. The molecular weight excluding hydrogens is 172 g/mol. The van der Waals surface area contributed by atoms with Crippen LogP contribution >= 0.6 is 12.2 Å². The standard InChI is InChI=1S/C8H8N2OS/c9-7(11)8(10-6-12)4-2-1-3-5-8/h1-4H,5H2,(H2,9,11). The van der Waals surface area contributed by atoms with Crippen molar-refractivity contribution in [1.82, 2.24) is 0 Å². The number of thiocarbonyl (C=S) groups is 1.